The molecule has 2 heterocycles. The van der Waals surface area contributed by atoms with Crippen molar-refractivity contribution < 1.29 is 9.47 Å². The van der Waals surface area contributed by atoms with E-state index in [1.807, 2.05) is 6.92 Å². The summed E-state index contributed by atoms with van der Waals surface area (Å²) in [6.45, 7) is 8.72. The van der Waals surface area contributed by atoms with E-state index in [4.69, 9.17) is 15.3 Å². The van der Waals surface area contributed by atoms with Gasteiger partial charge in [-0.2, -0.15) is 15.0 Å². The normalized spacial score (nSPS) is 17.9. The molecule has 0 aromatic carbocycles. The summed E-state index contributed by atoms with van der Waals surface area (Å²) < 4.78 is 11.0. The highest BCUT2D eigenvalue weighted by atomic mass is 16.5. The van der Waals surface area contributed by atoms with Crippen molar-refractivity contribution in [3.8, 4) is 6.01 Å². The number of aromatic nitrogens is 3. The molecule has 0 radical (unpaired) electrons. The van der Waals surface area contributed by atoms with Gasteiger partial charge in [0.1, 0.15) is 0 Å². The van der Waals surface area contributed by atoms with Gasteiger partial charge in [0.2, 0.25) is 11.9 Å². The van der Waals surface area contributed by atoms with E-state index in [2.05, 4.69) is 39.1 Å². The zero-order valence-electron chi connectivity index (χ0n) is 12.2. The topological polar surface area (TPSA) is 98.4 Å². The van der Waals surface area contributed by atoms with E-state index in [1.54, 1.807) is 0 Å². The Bertz CT molecular complexity index is 454. The SMILES string of the molecule is CCCOc1nc(NN)nc(N2CCOCC2(C)C)n1. The highest BCUT2D eigenvalue weighted by molar-refractivity contribution is 5.40. The summed E-state index contributed by atoms with van der Waals surface area (Å²) in [5.41, 5.74) is 2.26. The molecule has 1 aliphatic heterocycles. The maximum atomic E-state index is 5.50. The van der Waals surface area contributed by atoms with Crippen LogP contribution in [0.5, 0.6) is 6.01 Å². The lowest BCUT2D eigenvalue weighted by atomic mass is 10.0. The number of hydrazine groups is 1. The molecule has 1 saturated heterocycles. The van der Waals surface area contributed by atoms with Crippen molar-refractivity contribution in [2.45, 2.75) is 32.7 Å². The minimum atomic E-state index is -0.187. The standard InChI is InChI=1S/C12H22N6O2/c1-4-6-20-11-15-9(17-13)14-10(16-11)18-5-7-19-8-12(18,2)3/h4-8,13H2,1-3H3,(H,14,15,16,17). The highest BCUT2D eigenvalue weighted by Gasteiger charge is 2.33. The van der Waals surface area contributed by atoms with Crippen molar-refractivity contribution in [3.63, 3.8) is 0 Å². The lowest BCUT2D eigenvalue weighted by molar-refractivity contribution is 0.0632. The van der Waals surface area contributed by atoms with Gasteiger partial charge in [0.05, 0.1) is 25.4 Å². The van der Waals surface area contributed by atoms with Gasteiger partial charge in [-0.1, -0.05) is 6.92 Å². The molecule has 0 amide bonds. The van der Waals surface area contributed by atoms with Gasteiger partial charge in [-0.25, -0.2) is 5.84 Å². The van der Waals surface area contributed by atoms with Crippen molar-refractivity contribution in [2.24, 2.45) is 5.84 Å². The van der Waals surface area contributed by atoms with E-state index in [0.29, 0.717) is 38.3 Å². The van der Waals surface area contributed by atoms with Crippen molar-refractivity contribution >= 4 is 11.9 Å². The summed E-state index contributed by atoms with van der Waals surface area (Å²) in [4.78, 5) is 14.9. The fourth-order valence-corrected chi connectivity index (χ4v) is 2.02. The Kier molecular flexibility index (Phi) is 4.56. The van der Waals surface area contributed by atoms with Crippen LogP contribution < -0.4 is 20.9 Å². The molecule has 20 heavy (non-hydrogen) atoms. The van der Waals surface area contributed by atoms with Gasteiger partial charge in [0.25, 0.3) is 0 Å². The molecule has 0 spiro atoms. The van der Waals surface area contributed by atoms with Crippen LogP contribution in [0.4, 0.5) is 11.9 Å². The van der Waals surface area contributed by atoms with Crippen molar-refractivity contribution in [3.05, 3.63) is 0 Å². The fourth-order valence-electron chi connectivity index (χ4n) is 2.02. The summed E-state index contributed by atoms with van der Waals surface area (Å²) >= 11 is 0. The number of morpholine rings is 1. The lowest BCUT2D eigenvalue weighted by Crippen LogP contribution is -2.54. The first-order valence-corrected chi connectivity index (χ1v) is 6.77. The first-order valence-electron chi connectivity index (χ1n) is 6.77. The van der Waals surface area contributed by atoms with Crippen LogP contribution in [-0.2, 0) is 4.74 Å². The molecule has 0 saturated carbocycles. The van der Waals surface area contributed by atoms with Gasteiger partial charge >= 0.3 is 6.01 Å². The van der Waals surface area contributed by atoms with Crippen LogP contribution in [0.3, 0.4) is 0 Å². The Labute approximate surface area is 118 Å². The molecule has 0 bridgehead atoms. The third kappa shape index (κ3) is 3.26. The molecular formula is C12H22N6O2. The molecule has 1 aromatic rings. The summed E-state index contributed by atoms with van der Waals surface area (Å²) in [5, 5.41) is 0. The fraction of sp³-hybridized carbons (Fsp3) is 0.750. The van der Waals surface area contributed by atoms with E-state index in [1.165, 1.54) is 0 Å². The average molecular weight is 282 g/mol. The molecule has 3 N–H and O–H groups in total. The molecule has 8 nitrogen and oxygen atoms in total. The maximum Gasteiger partial charge on any atom is 0.323 e. The Balaban J connectivity index is 2.29. The summed E-state index contributed by atoms with van der Waals surface area (Å²) in [6, 6.07) is 0.284. The number of nitrogen functional groups attached to an aromatic ring is 1. The van der Waals surface area contributed by atoms with E-state index >= 15 is 0 Å². The molecule has 0 unspecified atom stereocenters. The number of ether oxygens (including phenoxy) is 2. The predicted molar refractivity (Wildman–Crippen MR) is 75.7 cm³/mol. The van der Waals surface area contributed by atoms with Crippen LogP contribution in [-0.4, -0.2) is 46.9 Å². The van der Waals surface area contributed by atoms with E-state index < -0.39 is 0 Å². The average Bonchev–Trinajstić information content (AvgIpc) is 2.44. The molecular weight excluding hydrogens is 260 g/mol. The Morgan fingerprint density at radius 1 is 1.40 bits per heavy atom. The Morgan fingerprint density at radius 3 is 2.85 bits per heavy atom. The van der Waals surface area contributed by atoms with Gasteiger partial charge in [0.15, 0.2) is 0 Å². The lowest BCUT2D eigenvalue weighted by Gasteiger charge is -2.42. The zero-order chi connectivity index (χ0) is 14.6. The van der Waals surface area contributed by atoms with Crippen LogP contribution >= 0.6 is 0 Å². The molecule has 112 valence electrons. The minimum absolute atomic E-state index is 0.187. The molecule has 1 aliphatic rings. The molecule has 2 rings (SSSR count). The van der Waals surface area contributed by atoms with Crippen molar-refractivity contribution in [2.75, 3.05) is 36.7 Å². The van der Waals surface area contributed by atoms with Crippen LogP contribution in [0.1, 0.15) is 27.2 Å². The number of nitrogens with one attached hydrogen (secondary N) is 1. The second kappa shape index (κ2) is 6.19. The number of nitrogens with zero attached hydrogens (tertiary/aromatic N) is 4. The predicted octanol–water partition coefficient (Wildman–Crippen LogP) is 0.561. The van der Waals surface area contributed by atoms with E-state index in [-0.39, 0.29) is 11.5 Å². The van der Waals surface area contributed by atoms with Gasteiger partial charge < -0.3 is 14.4 Å². The monoisotopic (exact) mass is 282 g/mol. The molecule has 1 fully saturated rings. The zero-order valence-corrected chi connectivity index (χ0v) is 12.2. The van der Waals surface area contributed by atoms with Crippen molar-refractivity contribution in [1.29, 1.82) is 0 Å². The number of hydrogen-bond acceptors (Lipinski definition) is 8. The first kappa shape index (κ1) is 14.7. The molecule has 0 atom stereocenters. The van der Waals surface area contributed by atoms with Crippen LogP contribution in [0.25, 0.3) is 0 Å². The molecule has 0 aliphatic carbocycles. The quantitative estimate of drug-likeness (QED) is 0.597. The van der Waals surface area contributed by atoms with Crippen LogP contribution in [0.15, 0.2) is 0 Å². The summed E-state index contributed by atoms with van der Waals surface area (Å²) in [6.07, 6.45) is 0.884. The van der Waals surface area contributed by atoms with Gasteiger partial charge in [0, 0.05) is 6.54 Å². The van der Waals surface area contributed by atoms with E-state index in [0.717, 1.165) is 6.42 Å². The third-order valence-corrected chi connectivity index (χ3v) is 3.05. The number of anilines is 2. The largest absolute Gasteiger partial charge is 0.463 e. The molecule has 8 heteroatoms. The summed E-state index contributed by atoms with van der Waals surface area (Å²) in [7, 11) is 0. The molecule has 1 aromatic heterocycles. The smallest absolute Gasteiger partial charge is 0.323 e. The third-order valence-electron chi connectivity index (χ3n) is 3.05. The van der Waals surface area contributed by atoms with E-state index in [9.17, 15) is 0 Å². The van der Waals surface area contributed by atoms with Crippen molar-refractivity contribution in [1.82, 2.24) is 15.0 Å². The van der Waals surface area contributed by atoms with Gasteiger partial charge in [-0.3, -0.25) is 5.43 Å². The van der Waals surface area contributed by atoms with Gasteiger partial charge in [-0.15, -0.1) is 0 Å². The van der Waals surface area contributed by atoms with Crippen LogP contribution in [0, 0.1) is 0 Å². The number of nitrogens with two attached hydrogens (primary N) is 1. The second-order valence-electron chi connectivity index (χ2n) is 5.25. The maximum absolute atomic E-state index is 5.50. The highest BCUT2D eigenvalue weighted by Crippen LogP contribution is 2.25. The second-order valence-corrected chi connectivity index (χ2v) is 5.25. The van der Waals surface area contributed by atoms with Gasteiger partial charge in [-0.05, 0) is 20.3 Å². The van der Waals surface area contributed by atoms with Crippen LogP contribution in [0.2, 0.25) is 0 Å². The number of hydrogen-bond donors (Lipinski definition) is 2. The first-order chi connectivity index (χ1) is 9.56. The Morgan fingerprint density at radius 2 is 2.20 bits per heavy atom. The minimum Gasteiger partial charge on any atom is -0.463 e. The number of rotatable bonds is 5. The summed E-state index contributed by atoms with van der Waals surface area (Å²) in [5.74, 6) is 6.26. The Hall–Kier alpha value is -1.67.